The molecule has 2 aromatic carbocycles. The summed E-state index contributed by atoms with van der Waals surface area (Å²) in [6.45, 7) is 5.29. The lowest BCUT2D eigenvalue weighted by molar-refractivity contribution is -0.131. The molecular weight excluding hydrogens is 276 g/mol. The predicted octanol–water partition coefficient (Wildman–Crippen LogP) is 2.78. The molecule has 2 rings (SSSR count). The van der Waals surface area contributed by atoms with Gasteiger partial charge in [-0.05, 0) is 30.7 Å². The highest BCUT2D eigenvalue weighted by Gasteiger charge is 2.19. The summed E-state index contributed by atoms with van der Waals surface area (Å²) in [4.78, 5) is 28.0. The Morgan fingerprint density at radius 2 is 1.59 bits per heavy atom. The molecule has 0 fully saturated rings. The summed E-state index contributed by atoms with van der Waals surface area (Å²) in [5, 5.41) is 1.94. The standard InChI is InChI=1S/C18H22N2O2/c1-4-20(5-2)17(21)13-19(3)18(22)16-12-8-10-14-9-6-7-11-15(14)16/h6-12H,4-5,13H2,1-3H3. The maximum absolute atomic E-state index is 12.6. The van der Waals surface area contributed by atoms with Gasteiger partial charge in [-0.3, -0.25) is 9.59 Å². The Labute approximate surface area is 131 Å². The monoisotopic (exact) mass is 298 g/mol. The van der Waals surface area contributed by atoms with Gasteiger partial charge in [-0.15, -0.1) is 0 Å². The van der Waals surface area contributed by atoms with Crippen molar-refractivity contribution in [3.63, 3.8) is 0 Å². The van der Waals surface area contributed by atoms with Crippen LogP contribution in [-0.2, 0) is 4.79 Å². The first-order valence-electron chi connectivity index (χ1n) is 7.59. The number of rotatable bonds is 5. The average molecular weight is 298 g/mol. The van der Waals surface area contributed by atoms with Crippen LogP contribution >= 0.6 is 0 Å². The molecule has 4 nitrogen and oxygen atoms in total. The average Bonchev–Trinajstić information content (AvgIpc) is 2.54. The van der Waals surface area contributed by atoms with E-state index in [-0.39, 0.29) is 18.4 Å². The second-order valence-electron chi connectivity index (χ2n) is 5.25. The van der Waals surface area contributed by atoms with Crippen molar-refractivity contribution in [2.24, 2.45) is 0 Å². The van der Waals surface area contributed by atoms with Gasteiger partial charge in [0.1, 0.15) is 0 Å². The molecule has 0 unspecified atom stereocenters. The lowest BCUT2D eigenvalue weighted by Gasteiger charge is -2.23. The van der Waals surface area contributed by atoms with Crippen molar-refractivity contribution in [1.29, 1.82) is 0 Å². The first-order valence-corrected chi connectivity index (χ1v) is 7.59. The van der Waals surface area contributed by atoms with E-state index < -0.39 is 0 Å². The molecule has 0 radical (unpaired) electrons. The van der Waals surface area contributed by atoms with E-state index in [1.165, 1.54) is 4.90 Å². The van der Waals surface area contributed by atoms with Crippen molar-refractivity contribution in [1.82, 2.24) is 9.80 Å². The topological polar surface area (TPSA) is 40.6 Å². The predicted molar refractivity (Wildman–Crippen MR) is 88.8 cm³/mol. The van der Waals surface area contributed by atoms with Crippen LogP contribution in [0.15, 0.2) is 42.5 Å². The third-order valence-electron chi connectivity index (χ3n) is 3.86. The van der Waals surface area contributed by atoms with E-state index in [9.17, 15) is 9.59 Å². The van der Waals surface area contributed by atoms with Gasteiger partial charge in [0.2, 0.25) is 5.91 Å². The molecule has 0 saturated carbocycles. The molecule has 0 aliphatic carbocycles. The SMILES string of the molecule is CCN(CC)C(=O)CN(C)C(=O)c1cccc2ccccc12. The van der Waals surface area contributed by atoms with Crippen molar-refractivity contribution in [3.05, 3.63) is 48.0 Å². The normalized spacial score (nSPS) is 10.5. The third kappa shape index (κ3) is 3.27. The number of hydrogen-bond donors (Lipinski definition) is 0. The molecule has 0 aromatic heterocycles. The molecule has 2 aromatic rings. The summed E-state index contributed by atoms with van der Waals surface area (Å²) >= 11 is 0. The fourth-order valence-corrected chi connectivity index (χ4v) is 2.57. The summed E-state index contributed by atoms with van der Waals surface area (Å²) in [6, 6.07) is 13.4. The molecule has 2 amide bonds. The molecule has 0 heterocycles. The smallest absolute Gasteiger partial charge is 0.254 e. The highest BCUT2D eigenvalue weighted by atomic mass is 16.2. The Morgan fingerprint density at radius 3 is 2.27 bits per heavy atom. The molecule has 116 valence electrons. The van der Waals surface area contributed by atoms with Gasteiger partial charge in [-0.1, -0.05) is 36.4 Å². The summed E-state index contributed by atoms with van der Waals surface area (Å²) in [5.74, 6) is -0.154. The summed E-state index contributed by atoms with van der Waals surface area (Å²) in [5.41, 5.74) is 0.632. The number of amides is 2. The molecule has 4 heteroatoms. The highest BCUT2D eigenvalue weighted by Crippen LogP contribution is 2.19. The van der Waals surface area contributed by atoms with Crippen LogP contribution in [0, 0.1) is 0 Å². The number of benzene rings is 2. The number of carbonyl (C=O) groups excluding carboxylic acids is 2. The van der Waals surface area contributed by atoms with Gasteiger partial charge in [0.05, 0.1) is 6.54 Å². The quantitative estimate of drug-likeness (QED) is 0.851. The van der Waals surface area contributed by atoms with E-state index in [0.29, 0.717) is 18.7 Å². The zero-order chi connectivity index (χ0) is 16.1. The number of hydrogen-bond acceptors (Lipinski definition) is 2. The second-order valence-corrected chi connectivity index (χ2v) is 5.25. The van der Waals surface area contributed by atoms with E-state index in [2.05, 4.69) is 0 Å². The maximum atomic E-state index is 12.6. The number of likely N-dealkylation sites (N-methyl/N-ethyl adjacent to an activating group) is 2. The van der Waals surface area contributed by atoms with Crippen LogP contribution in [-0.4, -0.2) is 48.3 Å². The first-order chi connectivity index (χ1) is 10.6. The number of nitrogens with zero attached hydrogens (tertiary/aromatic N) is 2. The number of carbonyl (C=O) groups is 2. The first kappa shape index (κ1) is 16.0. The van der Waals surface area contributed by atoms with Crippen LogP contribution in [0.4, 0.5) is 0 Å². The molecule has 0 aliphatic rings. The summed E-state index contributed by atoms with van der Waals surface area (Å²) in [6.07, 6.45) is 0. The van der Waals surface area contributed by atoms with Gasteiger partial charge in [0, 0.05) is 25.7 Å². The molecular formula is C18H22N2O2. The third-order valence-corrected chi connectivity index (χ3v) is 3.86. The fourth-order valence-electron chi connectivity index (χ4n) is 2.57. The van der Waals surface area contributed by atoms with Crippen molar-refractivity contribution in [2.45, 2.75) is 13.8 Å². The van der Waals surface area contributed by atoms with Gasteiger partial charge in [0.25, 0.3) is 5.91 Å². The molecule has 0 spiro atoms. The summed E-state index contributed by atoms with van der Waals surface area (Å²) in [7, 11) is 1.67. The van der Waals surface area contributed by atoms with Crippen molar-refractivity contribution >= 4 is 22.6 Å². The van der Waals surface area contributed by atoms with Crippen LogP contribution in [0.2, 0.25) is 0 Å². The van der Waals surface area contributed by atoms with E-state index in [0.717, 1.165) is 10.8 Å². The lowest BCUT2D eigenvalue weighted by Crippen LogP contribution is -2.41. The Kier molecular flexibility index (Phi) is 5.15. The van der Waals surface area contributed by atoms with E-state index in [1.54, 1.807) is 11.9 Å². The molecule has 0 bridgehead atoms. The molecule has 0 N–H and O–H groups in total. The van der Waals surface area contributed by atoms with Crippen LogP contribution < -0.4 is 0 Å². The van der Waals surface area contributed by atoms with Crippen LogP contribution in [0.1, 0.15) is 24.2 Å². The Morgan fingerprint density at radius 1 is 0.955 bits per heavy atom. The van der Waals surface area contributed by atoms with Crippen molar-refractivity contribution < 1.29 is 9.59 Å². The Hall–Kier alpha value is -2.36. The van der Waals surface area contributed by atoms with Crippen LogP contribution in [0.25, 0.3) is 10.8 Å². The maximum Gasteiger partial charge on any atom is 0.254 e. The summed E-state index contributed by atoms with van der Waals surface area (Å²) < 4.78 is 0. The fraction of sp³-hybridized carbons (Fsp3) is 0.333. The van der Waals surface area contributed by atoms with E-state index in [4.69, 9.17) is 0 Å². The number of fused-ring (bicyclic) bond motifs is 1. The van der Waals surface area contributed by atoms with Crippen LogP contribution in [0.5, 0.6) is 0 Å². The van der Waals surface area contributed by atoms with Gasteiger partial charge in [0.15, 0.2) is 0 Å². The largest absolute Gasteiger partial charge is 0.342 e. The van der Waals surface area contributed by atoms with Crippen LogP contribution in [0.3, 0.4) is 0 Å². The molecule has 0 atom stereocenters. The van der Waals surface area contributed by atoms with Gasteiger partial charge < -0.3 is 9.80 Å². The molecule has 22 heavy (non-hydrogen) atoms. The Balaban J connectivity index is 2.21. The second kappa shape index (κ2) is 7.07. The van der Waals surface area contributed by atoms with Gasteiger partial charge in [-0.25, -0.2) is 0 Å². The minimum absolute atomic E-state index is 0.0268. The van der Waals surface area contributed by atoms with Crippen molar-refractivity contribution in [2.75, 3.05) is 26.7 Å². The minimum atomic E-state index is -0.127. The molecule has 0 aliphatic heterocycles. The van der Waals surface area contributed by atoms with Gasteiger partial charge >= 0.3 is 0 Å². The van der Waals surface area contributed by atoms with Crippen molar-refractivity contribution in [3.8, 4) is 0 Å². The van der Waals surface area contributed by atoms with Gasteiger partial charge in [-0.2, -0.15) is 0 Å². The van der Waals surface area contributed by atoms with E-state index >= 15 is 0 Å². The lowest BCUT2D eigenvalue weighted by atomic mass is 10.0. The Bertz CT molecular complexity index is 672. The van der Waals surface area contributed by atoms with E-state index in [1.807, 2.05) is 56.3 Å². The zero-order valence-electron chi connectivity index (χ0n) is 13.4. The minimum Gasteiger partial charge on any atom is -0.342 e. The highest BCUT2D eigenvalue weighted by molar-refractivity contribution is 6.07. The molecule has 0 saturated heterocycles. The zero-order valence-corrected chi connectivity index (χ0v) is 13.4.